The molecule has 0 amide bonds. The van der Waals surface area contributed by atoms with Gasteiger partial charge in [0.25, 0.3) is 5.60 Å². The van der Waals surface area contributed by atoms with E-state index in [4.69, 9.17) is 23.7 Å². The summed E-state index contributed by atoms with van der Waals surface area (Å²) >= 11 is 0. The highest BCUT2D eigenvalue weighted by Gasteiger charge is 2.74. The molecule has 3 fully saturated rings. The topological polar surface area (TPSA) is 138 Å². The molecule has 2 bridgehead atoms. The van der Waals surface area contributed by atoms with Crippen LogP contribution >= 0.6 is 0 Å². The van der Waals surface area contributed by atoms with Crippen LogP contribution in [0.4, 0.5) is 39.5 Å². The first-order valence-corrected chi connectivity index (χ1v) is 15.5. The van der Waals surface area contributed by atoms with Crippen molar-refractivity contribution in [2.24, 2.45) is 23.7 Å². The molecule has 10 unspecified atom stereocenters. The molecule has 0 aromatic carbocycles. The third-order valence-corrected chi connectivity index (χ3v) is 9.91. The van der Waals surface area contributed by atoms with Gasteiger partial charge in [-0.2, -0.15) is 39.5 Å². The van der Waals surface area contributed by atoms with Gasteiger partial charge in [0.05, 0.1) is 23.5 Å². The highest BCUT2D eigenvalue weighted by atomic mass is 19.4. The lowest BCUT2D eigenvalue weighted by Crippen LogP contribution is -2.66. The van der Waals surface area contributed by atoms with Crippen LogP contribution in [0.5, 0.6) is 0 Å². The second kappa shape index (κ2) is 13.1. The number of rotatable bonds is 13. The van der Waals surface area contributed by atoms with Crippen molar-refractivity contribution in [2.45, 2.75) is 140 Å². The van der Waals surface area contributed by atoms with Gasteiger partial charge in [-0.25, -0.2) is 4.79 Å². The SMILES string of the molecule is C=C(C)C(=O)OC1C2CC3C1OC(=O)C3C2C(=O)OC(CC(C)(C)OC(C)C(C)(O)C(F)(F)F)C(C)(C)OC(C)C(O)(C(F)(F)F)C(F)(F)F. The van der Waals surface area contributed by atoms with Crippen LogP contribution in [0.2, 0.25) is 0 Å². The number of carbonyl (C=O) groups excluding carboxylic acids is 3. The third-order valence-electron chi connectivity index (χ3n) is 9.91. The standard InChI is InChI=1S/C31H41F9O10/c1-12(2)22(41)47-20-15-10-16-19(24(43)48-21(16)20)18(15)23(42)46-17(11-25(5,6)49-13(3)27(9,44)29(32,33)34)26(7,8)50-14(4)28(45,30(35,36)37)31(38,39)40/h13-21,44-45H,1,10-11H2,2-9H3. The fraction of sp³-hybridized carbons (Fsp3) is 0.839. The number of hydrogen-bond donors (Lipinski definition) is 2. The molecule has 0 spiro atoms. The highest BCUT2D eigenvalue weighted by Crippen LogP contribution is 2.59. The molecule has 1 heterocycles. The van der Waals surface area contributed by atoms with Gasteiger partial charge in [-0.1, -0.05) is 6.58 Å². The van der Waals surface area contributed by atoms with Crippen LogP contribution in [0.15, 0.2) is 12.2 Å². The van der Waals surface area contributed by atoms with Gasteiger partial charge >= 0.3 is 36.4 Å². The Kier molecular flexibility index (Phi) is 10.9. The summed E-state index contributed by atoms with van der Waals surface area (Å²) < 4.78 is 150. The molecule has 0 aromatic rings. The molecular weight excluding hydrogens is 703 g/mol. The van der Waals surface area contributed by atoms with Crippen molar-refractivity contribution >= 4 is 17.9 Å². The Morgan fingerprint density at radius 2 is 1.40 bits per heavy atom. The summed E-state index contributed by atoms with van der Waals surface area (Å²) in [7, 11) is 0. The molecule has 1 aliphatic heterocycles. The molecule has 2 saturated carbocycles. The molecule has 50 heavy (non-hydrogen) atoms. The number of carbonyl (C=O) groups is 3. The monoisotopic (exact) mass is 744 g/mol. The number of alkyl halides is 9. The minimum absolute atomic E-state index is 0.0144. The van der Waals surface area contributed by atoms with E-state index in [9.17, 15) is 64.1 Å². The summed E-state index contributed by atoms with van der Waals surface area (Å²) in [6.45, 7) is 10.5. The van der Waals surface area contributed by atoms with E-state index >= 15 is 0 Å². The lowest BCUT2D eigenvalue weighted by molar-refractivity contribution is -0.400. The van der Waals surface area contributed by atoms with Gasteiger partial charge in [-0.05, 0) is 61.8 Å². The van der Waals surface area contributed by atoms with Crippen molar-refractivity contribution in [1.82, 2.24) is 0 Å². The first-order chi connectivity index (χ1) is 22.2. The Morgan fingerprint density at radius 1 is 0.880 bits per heavy atom. The maximum absolute atomic E-state index is 13.9. The number of ether oxygens (including phenoxy) is 5. The molecule has 10 atom stereocenters. The number of hydrogen-bond acceptors (Lipinski definition) is 10. The van der Waals surface area contributed by atoms with Crippen LogP contribution < -0.4 is 0 Å². The zero-order valence-corrected chi connectivity index (χ0v) is 28.4. The van der Waals surface area contributed by atoms with Crippen molar-refractivity contribution in [3.63, 3.8) is 0 Å². The van der Waals surface area contributed by atoms with Crippen LogP contribution in [0, 0.1) is 23.7 Å². The lowest BCUT2D eigenvalue weighted by Gasteiger charge is -2.45. The molecule has 0 aromatic heterocycles. The van der Waals surface area contributed by atoms with Crippen LogP contribution in [0.1, 0.15) is 68.2 Å². The van der Waals surface area contributed by atoms with Crippen molar-refractivity contribution in [1.29, 1.82) is 0 Å². The maximum atomic E-state index is 13.9. The maximum Gasteiger partial charge on any atom is 0.428 e. The van der Waals surface area contributed by atoms with Gasteiger partial charge in [0.1, 0.15) is 30.0 Å². The first-order valence-electron chi connectivity index (χ1n) is 15.5. The van der Waals surface area contributed by atoms with Crippen LogP contribution in [-0.2, 0) is 38.1 Å². The minimum Gasteiger partial charge on any atom is -0.459 e. The van der Waals surface area contributed by atoms with Crippen LogP contribution in [-0.4, -0.2) is 99.6 Å². The van der Waals surface area contributed by atoms with Gasteiger partial charge in [0.15, 0.2) is 5.60 Å². The average Bonchev–Trinajstić information content (AvgIpc) is 3.53. The first kappa shape index (κ1) is 41.8. The molecule has 1 saturated heterocycles. The summed E-state index contributed by atoms with van der Waals surface area (Å²) in [5.74, 6) is -6.93. The number of esters is 3. The molecule has 3 aliphatic rings. The zero-order chi connectivity index (χ0) is 39.0. The summed E-state index contributed by atoms with van der Waals surface area (Å²) in [5.41, 5.74) is -13.1. The summed E-state index contributed by atoms with van der Waals surface area (Å²) in [6, 6.07) is 0. The number of aliphatic hydroxyl groups is 2. The van der Waals surface area contributed by atoms with E-state index in [1.807, 2.05) is 0 Å². The fourth-order valence-corrected chi connectivity index (χ4v) is 6.90. The van der Waals surface area contributed by atoms with Gasteiger partial charge in [-0.15, -0.1) is 0 Å². The second-order valence-corrected chi connectivity index (χ2v) is 14.6. The van der Waals surface area contributed by atoms with Crippen LogP contribution in [0.25, 0.3) is 0 Å². The molecule has 2 aliphatic carbocycles. The number of halogens is 9. The Bertz CT molecular complexity index is 1320. The second-order valence-electron chi connectivity index (χ2n) is 14.6. The Labute approximate surface area is 281 Å². The van der Waals surface area contributed by atoms with E-state index in [1.54, 1.807) is 0 Å². The Balaban J connectivity index is 2.01. The lowest BCUT2D eigenvalue weighted by atomic mass is 9.78. The normalized spacial score (nSPS) is 28.8. The summed E-state index contributed by atoms with van der Waals surface area (Å²) in [4.78, 5) is 39.1. The molecule has 19 heteroatoms. The fourth-order valence-electron chi connectivity index (χ4n) is 6.90. The third kappa shape index (κ3) is 7.46. The largest absolute Gasteiger partial charge is 0.459 e. The van der Waals surface area contributed by atoms with E-state index in [0.717, 1.165) is 34.6 Å². The summed E-state index contributed by atoms with van der Waals surface area (Å²) in [5, 5.41) is 20.0. The van der Waals surface area contributed by atoms with Gasteiger partial charge in [0, 0.05) is 23.8 Å². The van der Waals surface area contributed by atoms with Crippen LogP contribution in [0.3, 0.4) is 0 Å². The Hall–Kier alpha value is -2.64. The van der Waals surface area contributed by atoms with Crippen molar-refractivity contribution < 1.29 is 87.8 Å². The molecular formula is C31H41F9O10. The van der Waals surface area contributed by atoms with E-state index in [-0.39, 0.29) is 18.9 Å². The van der Waals surface area contributed by atoms with E-state index in [1.165, 1.54) is 6.92 Å². The number of fused-ring (bicyclic) bond motifs is 1. The average molecular weight is 745 g/mol. The molecule has 3 rings (SSSR count). The Morgan fingerprint density at radius 3 is 1.86 bits per heavy atom. The van der Waals surface area contributed by atoms with E-state index in [2.05, 4.69) is 6.58 Å². The molecule has 2 N–H and O–H groups in total. The summed E-state index contributed by atoms with van der Waals surface area (Å²) in [6.07, 6.45) is -27.6. The molecule has 10 nitrogen and oxygen atoms in total. The van der Waals surface area contributed by atoms with Gasteiger partial charge in [-0.3, -0.25) is 9.59 Å². The van der Waals surface area contributed by atoms with Gasteiger partial charge in [0.2, 0.25) is 0 Å². The van der Waals surface area contributed by atoms with E-state index < -0.39 is 119 Å². The van der Waals surface area contributed by atoms with Gasteiger partial charge < -0.3 is 33.9 Å². The quantitative estimate of drug-likeness (QED) is 0.113. The molecule has 0 radical (unpaired) electrons. The predicted octanol–water partition coefficient (Wildman–Crippen LogP) is 5.12. The van der Waals surface area contributed by atoms with Crippen molar-refractivity contribution in [3.8, 4) is 0 Å². The predicted molar refractivity (Wildman–Crippen MR) is 151 cm³/mol. The highest BCUT2D eigenvalue weighted by molar-refractivity contribution is 5.88. The smallest absolute Gasteiger partial charge is 0.428 e. The zero-order valence-electron chi connectivity index (χ0n) is 28.4. The van der Waals surface area contributed by atoms with E-state index in [0.29, 0.717) is 6.92 Å². The minimum atomic E-state index is -6.31. The molecule has 288 valence electrons. The van der Waals surface area contributed by atoms with Crippen molar-refractivity contribution in [2.75, 3.05) is 0 Å². The van der Waals surface area contributed by atoms with Crippen molar-refractivity contribution in [3.05, 3.63) is 12.2 Å².